The quantitative estimate of drug-likeness (QED) is 0.392. The minimum atomic E-state index is -0.378. The normalized spacial score (nSPS) is 10.9. The van der Waals surface area contributed by atoms with Crippen LogP contribution in [0.5, 0.6) is 0 Å². The number of amides is 1. The predicted molar refractivity (Wildman–Crippen MR) is 134 cm³/mol. The van der Waals surface area contributed by atoms with E-state index in [4.69, 9.17) is 0 Å². The summed E-state index contributed by atoms with van der Waals surface area (Å²) in [5.41, 5.74) is 5.34. The van der Waals surface area contributed by atoms with Crippen molar-refractivity contribution in [3.63, 3.8) is 0 Å². The van der Waals surface area contributed by atoms with Crippen LogP contribution in [0.15, 0.2) is 56.2 Å². The van der Waals surface area contributed by atoms with E-state index in [2.05, 4.69) is 49.3 Å². The molecule has 0 saturated carbocycles. The van der Waals surface area contributed by atoms with E-state index in [0.29, 0.717) is 16.7 Å². The summed E-state index contributed by atoms with van der Waals surface area (Å²) in [6.07, 6.45) is 1.58. The van der Waals surface area contributed by atoms with Gasteiger partial charge in [-0.15, -0.1) is 0 Å². The third-order valence-electron chi connectivity index (χ3n) is 5.61. The summed E-state index contributed by atoms with van der Waals surface area (Å²) in [4.78, 5) is 26.3. The molecule has 0 radical (unpaired) electrons. The molecular formula is C25H26Br2N2O2. The summed E-state index contributed by atoms with van der Waals surface area (Å²) in [5.74, 6) is -0.378. The lowest BCUT2D eigenvalue weighted by Gasteiger charge is -2.20. The SMILES string of the molecule is CCc1cc(Br)cc(C)c1NC(=O)c1c(C)n(CCc2ccccc2)c(C)c(Br)c1=O. The van der Waals surface area contributed by atoms with Gasteiger partial charge in [-0.25, -0.2) is 0 Å². The van der Waals surface area contributed by atoms with Crippen LogP contribution in [0.4, 0.5) is 5.69 Å². The molecule has 2 aromatic carbocycles. The monoisotopic (exact) mass is 544 g/mol. The molecule has 0 aliphatic heterocycles. The molecule has 0 spiro atoms. The first-order chi connectivity index (χ1) is 14.7. The molecule has 162 valence electrons. The second-order valence-electron chi connectivity index (χ2n) is 7.64. The number of carbonyl (C=O) groups is 1. The highest BCUT2D eigenvalue weighted by molar-refractivity contribution is 9.10. The van der Waals surface area contributed by atoms with Crippen molar-refractivity contribution < 1.29 is 4.79 Å². The van der Waals surface area contributed by atoms with Gasteiger partial charge in [-0.3, -0.25) is 9.59 Å². The van der Waals surface area contributed by atoms with Crippen LogP contribution in [0.2, 0.25) is 0 Å². The molecule has 1 N–H and O–H groups in total. The topological polar surface area (TPSA) is 51.1 Å². The molecule has 1 heterocycles. The first-order valence-electron chi connectivity index (χ1n) is 10.3. The van der Waals surface area contributed by atoms with E-state index >= 15 is 0 Å². The molecule has 6 heteroatoms. The zero-order valence-electron chi connectivity index (χ0n) is 18.2. The summed E-state index contributed by atoms with van der Waals surface area (Å²) in [6, 6.07) is 14.1. The Bertz CT molecular complexity index is 1180. The molecule has 3 rings (SSSR count). The van der Waals surface area contributed by atoms with Gasteiger partial charge >= 0.3 is 0 Å². The summed E-state index contributed by atoms with van der Waals surface area (Å²) in [7, 11) is 0. The van der Waals surface area contributed by atoms with Crippen LogP contribution in [0.1, 0.15) is 45.4 Å². The van der Waals surface area contributed by atoms with Gasteiger partial charge in [0.2, 0.25) is 5.43 Å². The molecule has 3 aromatic rings. The molecular weight excluding hydrogens is 520 g/mol. The zero-order chi connectivity index (χ0) is 22.7. The molecule has 4 nitrogen and oxygen atoms in total. The van der Waals surface area contributed by atoms with Crippen molar-refractivity contribution in [3.8, 4) is 0 Å². The number of halogens is 2. The van der Waals surface area contributed by atoms with Crippen LogP contribution in [0, 0.1) is 20.8 Å². The largest absolute Gasteiger partial charge is 0.347 e. The molecule has 0 aliphatic carbocycles. The number of nitrogens with one attached hydrogen (secondary N) is 1. The lowest BCUT2D eigenvalue weighted by molar-refractivity contribution is 0.102. The summed E-state index contributed by atoms with van der Waals surface area (Å²) in [5, 5.41) is 3.01. The van der Waals surface area contributed by atoms with Crippen molar-refractivity contribution in [3.05, 3.63) is 95.3 Å². The summed E-state index contributed by atoms with van der Waals surface area (Å²) < 4.78 is 3.44. The molecule has 31 heavy (non-hydrogen) atoms. The maximum atomic E-state index is 13.3. The fourth-order valence-electron chi connectivity index (χ4n) is 3.88. The zero-order valence-corrected chi connectivity index (χ0v) is 21.4. The molecule has 0 unspecified atom stereocenters. The van der Waals surface area contributed by atoms with Gasteiger partial charge in [0, 0.05) is 28.1 Å². The van der Waals surface area contributed by atoms with Crippen LogP contribution in [-0.2, 0) is 19.4 Å². The number of hydrogen-bond donors (Lipinski definition) is 1. The molecule has 1 aromatic heterocycles. The number of pyridine rings is 1. The van der Waals surface area contributed by atoms with Gasteiger partial charge in [0.05, 0.1) is 4.47 Å². The number of aryl methyl sites for hydroxylation is 3. The average Bonchev–Trinajstić information content (AvgIpc) is 2.74. The van der Waals surface area contributed by atoms with E-state index in [1.165, 1.54) is 5.56 Å². The Hall–Kier alpha value is -2.18. The van der Waals surface area contributed by atoms with E-state index < -0.39 is 0 Å². The van der Waals surface area contributed by atoms with E-state index in [1.54, 1.807) is 0 Å². The van der Waals surface area contributed by atoms with Crippen LogP contribution < -0.4 is 10.7 Å². The van der Waals surface area contributed by atoms with Crippen LogP contribution in [0.25, 0.3) is 0 Å². The number of nitrogens with zero attached hydrogens (tertiary/aromatic N) is 1. The van der Waals surface area contributed by atoms with Crippen molar-refractivity contribution in [1.29, 1.82) is 0 Å². The molecule has 0 bridgehead atoms. The highest BCUT2D eigenvalue weighted by Crippen LogP contribution is 2.27. The maximum Gasteiger partial charge on any atom is 0.261 e. The Morgan fingerprint density at radius 3 is 2.35 bits per heavy atom. The molecule has 0 fully saturated rings. The van der Waals surface area contributed by atoms with E-state index in [-0.39, 0.29) is 16.9 Å². The third-order valence-corrected chi connectivity index (χ3v) is 7.00. The van der Waals surface area contributed by atoms with Crippen molar-refractivity contribution in [2.75, 3.05) is 5.32 Å². The van der Waals surface area contributed by atoms with Crippen molar-refractivity contribution in [1.82, 2.24) is 4.57 Å². The fourth-order valence-corrected chi connectivity index (χ4v) is 4.91. The van der Waals surface area contributed by atoms with Gasteiger partial charge in [-0.05, 0) is 78.4 Å². The van der Waals surface area contributed by atoms with E-state index in [9.17, 15) is 9.59 Å². The third kappa shape index (κ3) is 5.01. The first kappa shape index (κ1) is 23.5. The highest BCUT2D eigenvalue weighted by Gasteiger charge is 2.22. The smallest absolute Gasteiger partial charge is 0.261 e. The van der Waals surface area contributed by atoms with Gasteiger partial charge < -0.3 is 9.88 Å². The van der Waals surface area contributed by atoms with Crippen molar-refractivity contribution in [2.45, 2.75) is 47.1 Å². The van der Waals surface area contributed by atoms with Crippen molar-refractivity contribution in [2.24, 2.45) is 0 Å². The van der Waals surface area contributed by atoms with Crippen LogP contribution in [0.3, 0.4) is 0 Å². The number of hydrogen-bond acceptors (Lipinski definition) is 2. The standard InChI is InChI=1S/C25H26Br2N2O2/c1-5-19-14-20(26)13-15(2)23(19)28-25(31)21-16(3)29(17(4)22(27)24(21)30)12-11-18-9-7-6-8-10-18/h6-10,13-14H,5,11-12H2,1-4H3,(H,28,31). The molecule has 0 aliphatic rings. The van der Waals surface area contributed by atoms with Crippen LogP contribution >= 0.6 is 31.9 Å². The maximum absolute atomic E-state index is 13.3. The number of aromatic nitrogens is 1. The Labute approximate surface area is 200 Å². The van der Waals surface area contributed by atoms with Gasteiger partial charge in [0.15, 0.2) is 0 Å². The Morgan fingerprint density at radius 1 is 1.03 bits per heavy atom. The van der Waals surface area contributed by atoms with Crippen molar-refractivity contribution >= 4 is 43.5 Å². The molecule has 1 amide bonds. The minimum absolute atomic E-state index is 0.176. The number of rotatable bonds is 6. The number of anilines is 1. The average molecular weight is 546 g/mol. The first-order valence-corrected chi connectivity index (χ1v) is 11.9. The number of carbonyl (C=O) groups excluding carboxylic acids is 1. The van der Waals surface area contributed by atoms with Crippen LogP contribution in [-0.4, -0.2) is 10.5 Å². The van der Waals surface area contributed by atoms with E-state index in [1.807, 2.05) is 62.6 Å². The fraction of sp³-hybridized carbons (Fsp3) is 0.280. The second-order valence-corrected chi connectivity index (χ2v) is 9.35. The summed E-state index contributed by atoms with van der Waals surface area (Å²) in [6.45, 7) is 8.42. The lowest BCUT2D eigenvalue weighted by Crippen LogP contribution is -2.29. The Balaban J connectivity index is 2.00. The minimum Gasteiger partial charge on any atom is -0.347 e. The Morgan fingerprint density at radius 2 is 1.71 bits per heavy atom. The highest BCUT2D eigenvalue weighted by atomic mass is 79.9. The molecule has 0 saturated heterocycles. The second kappa shape index (κ2) is 9.96. The predicted octanol–water partition coefficient (Wildman–Crippen LogP) is 6.36. The van der Waals surface area contributed by atoms with E-state index in [0.717, 1.165) is 39.8 Å². The summed E-state index contributed by atoms with van der Waals surface area (Å²) >= 11 is 6.94. The van der Waals surface area contributed by atoms with Gasteiger partial charge in [-0.2, -0.15) is 0 Å². The van der Waals surface area contributed by atoms with Gasteiger partial charge in [0.25, 0.3) is 5.91 Å². The van der Waals surface area contributed by atoms with Gasteiger partial charge in [-0.1, -0.05) is 53.2 Å². The molecule has 0 atom stereocenters. The Kier molecular flexibility index (Phi) is 7.55. The number of benzene rings is 2. The van der Waals surface area contributed by atoms with Gasteiger partial charge in [0.1, 0.15) is 5.56 Å². The lowest BCUT2D eigenvalue weighted by atomic mass is 10.0.